The second-order valence-corrected chi connectivity index (χ2v) is 8.23. The van der Waals surface area contributed by atoms with Crippen LogP contribution in [-0.2, 0) is 6.54 Å². The van der Waals surface area contributed by atoms with Gasteiger partial charge in [-0.25, -0.2) is 0 Å². The number of ether oxygens (including phenoxy) is 1. The fraction of sp³-hybridized carbons (Fsp3) is 0.192. The number of aromatic nitrogens is 3. The SMILES string of the molecule is CCOc1ccc(-n2cccc2[C@@H]2[C@@H](c3ccccn3)NC(=S)N2Cc2ccncc2)cc1. The molecule has 4 aromatic rings. The van der Waals surface area contributed by atoms with Gasteiger partial charge in [-0.15, -0.1) is 0 Å². The lowest BCUT2D eigenvalue weighted by Crippen LogP contribution is -2.30. The first kappa shape index (κ1) is 21.2. The Bertz CT molecular complexity index is 1210. The molecule has 0 bridgehead atoms. The summed E-state index contributed by atoms with van der Waals surface area (Å²) in [5, 5.41) is 4.24. The zero-order valence-electron chi connectivity index (χ0n) is 18.3. The number of rotatable bonds is 7. The molecule has 0 amide bonds. The predicted molar refractivity (Wildman–Crippen MR) is 132 cm³/mol. The number of pyridine rings is 2. The minimum absolute atomic E-state index is 0.0397. The quantitative estimate of drug-likeness (QED) is 0.403. The Labute approximate surface area is 198 Å². The standard InChI is InChI=1S/C26H25N5OS/c1-2-32-21-10-8-20(9-11-21)30-17-5-7-23(30)25-24(22-6-3-4-14-28-22)29-26(33)31(25)18-19-12-15-27-16-13-19/h3-17,24-25H,2,18H2,1H3,(H,29,33)/t24-,25-/m1/s1. The number of benzene rings is 1. The molecule has 166 valence electrons. The van der Waals surface area contributed by atoms with Crippen molar-refractivity contribution in [2.24, 2.45) is 0 Å². The highest BCUT2D eigenvalue weighted by atomic mass is 32.1. The summed E-state index contributed by atoms with van der Waals surface area (Å²) < 4.78 is 7.84. The van der Waals surface area contributed by atoms with E-state index in [4.69, 9.17) is 17.0 Å². The van der Waals surface area contributed by atoms with Gasteiger partial charge in [-0.2, -0.15) is 0 Å². The molecule has 5 rings (SSSR count). The molecule has 1 aliphatic heterocycles. The van der Waals surface area contributed by atoms with Crippen LogP contribution in [0.5, 0.6) is 5.75 Å². The summed E-state index contributed by atoms with van der Waals surface area (Å²) in [5.74, 6) is 0.865. The average molecular weight is 456 g/mol. The fourth-order valence-electron chi connectivity index (χ4n) is 4.32. The third-order valence-electron chi connectivity index (χ3n) is 5.81. The molecule has 1 saturated heterocycles. The van der Waals surface area contributed by atoms with E-state index in [0.717, 1.165) is 28.4 Å². The number of nitrogens with zero attached hydrogens (tertiary/aromatic N) is 4. The van der Waals surface area contributed by atoms with Crippen LogP contribution in [0.3, 0.4) is 0 Å². The maximum absolute atomic E-state index is 5.82. The van der Waals surface area contributed by atoms with Crippen LogP contribution < -0.4 is 10.1 Å². The van der Waals surface area contributed by atoms with Gasteiger partial charge in [0.25, 0.3) is 0 Å². The molecule has 1 N–H and O–H groups in total. The van der Waals surface area contributed by atoms with Crippen LogP contribution in [-0.4, -0.2) is 31.2 Å². The highest BCUT2D eigenvalue weighted by Gasteiger charge is 2.41. The Morgan fingerprint density at radius 1 is 0.970 bits per heavy atom. The van der Waals surface area contributed by atoms with Crippen molar-refractivity contribution < 1.29 is 4.74 Å². The van der Waals surface area contributed by atoms with E-state index in [9.17, 15) is 0 Å². The van der Waals surface area contributed by atoms with Gasteiger partial charge in [-0.05, 0) is 85.4 Å². The highest BCUT2D eigenvalue weighted by Crippen LogP contribution is 2.40. The molecule has 4 heterocycles. The van der Waals surface area contributed by atoms with Crippen molar-refractivity contribution in [1.82, 2.24) is 24.8 Å². The first-order valence-corrected chi connectivity index (χ1v) is 11.4. The van der Waals surface area contributed by atoms with E-state index in [2.05, 4.69) is 55.2 Å². The molecule has 0 radical (unpaired) electrons. The minimum atomic E-state index is -0.0723. The lowest BCUT2D eigenvalue weighted by molar-refractivity contribution is 0.302. The third-order valence-corrected chi connectivity index (χ3v) is 6.16. The van der Waals surface area contributed by atoms with Gasteiger partial charge >= 0.3 is 0 Å². The number of nitrogens with one attached hydrogen (secondary N) is 1. The van der Waals surface area contributed by atoms with E-state index in [1.165, 1.54) is 0 Å². The molecule has 0 spiro atoms. The molecular formula is C26H25N5OS. The number of hydrogen-bond acceptors (Lipinski definition) is 4. The van der Waals surface area contributed by atoms with Gasteiger partial charge in [0.15, 0.2) is 5.11 Å². The second kappa shape index (κ2) is 9.42. The first-order chi connectivity index (χ1) is 16.2. The maximum Gasteiger partial charge on any atom is 0.170 e. The molecule has 0 unspecified atom stereocenters. The van der Waals surface area contributed by atoms with Gasteiger partial charge in [0.05, 0.1) is 24.4 Å². The van der Waals surface area contributed by atoms with Gasteiger partial charge in [0, 0.05) is 42.7 Å². The van der Waals surface area contributed by atoms with E-state index >= 15 is 0 Å². The lowest BCUT2D eigenvalue weighted by Gasteiger charge is -2.29. The van der Waals surface area contributed by atoms with Crippen molar-refractivity contribution in [3.8, 4) is 11.4 Å². The Balaban J connectivity index is 1.56. The van der Waals surface area contributed by atoms with Crippen molar-refractivity contribution >= 4 is 17.3 Å². The molecular weight excluding hydrogens is 430 g/mol. The zero-order valence-corrected chi connectivity index (χ0v) is 19.2. The van der Waals surface area contributed by atoms with Crippen molar-refractivity contribution in [2.45, 2.75) is 25.6 Å². The summed E-state index contributed by atoms with van der Waals surface area (Å²) in [6.07, 6.45) is 7.55. The van der Waals surface area contributed by atoms with Crippen molar-refractivity contribution in [3.05, 3.63) is 108 Å². The average Bonchev–Trinajstić information content (AvgIpc) is 3.46. The molecule has 1 fully saturated rings. The maximum atomic E-state index is 5.82. The van der Waals surface area contributed by atoms with Crippen LogP contribution in [0.15, 0.2) is 91.5 Å². The van der Waals surface area contributed by atoms with Gasteiger partial charge in [0.1, 0.15) is 5.75 Å². The normalized spacial score (nSPS) is 17.7. The van der Waals surface area contributed by atoms with E-state index in [-0.39, 0.29) is 12.1 Å². The van der Waals surface area contributed by atoms with Gasteiger partial charge in [-0.3, -0.25) is 9.97 Å². The molecule has 7 heteroatoms. The van der Waals surface area contributed by atoms with E-state index in [0.29, 0.717) is 18.3 Å². The predicted octanol–water partition coefficient (Wildman–Crippen LogP) is 4.84. The topological polar surface area (TPSA) is 55.2 Å². The monoisotopic (exact) mass is 455 g/mol. The summed E-state index contributed by atoms with van der Waals surface area (Å²) in [6.45, 7) is 3.31. The summed E-state index contributed by atoms with van der Waals surface area (Å²) in [6, 6.07) is 22.3. The third kappa shape index (κ3) is 4.32. The lowest BCUT2D eigenvalue weighted by atomic mass is 10.0. The molecule has 2 atom stereocenters. The molecule has 1 aliphatic rings. The van der Waals surface area contributed by atoms with Crippen LogP contribution in [0.2, 0.25) is 0 Å². The van der Waals surface area contributed by atoms with Crippen LogP contribution in [0.1, 0.15) is 36.0 Å². The van der Waals surface area contributed by atoms with Crippen LogP contribution >= 0.6 is 12.2 Å². The molecule has 0 saturated carbocycles. The highest BCUT2D eigenvalue weighted by molar-refractivity contribution is 7.80. The number of thiocarbonyl (C=S) groups is 1. The Morgan fingerprint density at radius 3 is 2.52 bits per heavy atom. The Hall–Kier alpha value is -3.71. The van der Waals surface area contributed by atoms with Gasteiger partial charge < -0.3 is 19.5 Å². The molecule has 6 nitrogen and oxygen atoms in total. The second-order valence-electron chi connectivity index (χ2n) is 7.84. The molecule has 1 aromatic carbocycles. The van der Waals surface area contributed by atoms with E-state index < -0.39 is 0 Å². The van der Waals surface area contributed by atoms with E-state index in [1.807, 2.05) is 68.0 Å². The number of hydrogen-bond donors (Lipinski definition) is 1. The molecule has 33 heavy (non-hydrogen) atoms. The smallest absolute Gasteiger partial charge is 0.170 e. The van der Waals surface area contributed by atoms with Crippen LogP contribution in [0, 0.1) is 0 Å². The first-order valence-electron chi connectivity index (χ1n) is 11.0. The Morgan fingerprint density at radius 2 is 1.79 bits per heavy atom. The summed E-state index contributed by atoms with van der Waals surface area (Å²) >= 11 is 5.82. The van der Waals surface area contributed by atoms with Crippen molar-refractivity contribution in [2.75, 3.05) is 6.61 Å². The molecule has 3 aromatic heterocycles. The van der Waals surface area contributed by atoms with Gasteiger partial charge in [0.2, 0.25) is 0 Å². The largest absolute Gasteiger partial charge is 0.494 e. The van der Waals surface area contributed by atoms with Crippen LogP contribution in [0.4, 0.5) is 0 Å². The van der Waals surface area contributed by atoms with Crippen LogP contribution in [0.25, 0.3) is 5.69 Å². The summed E-state index contributed by atoms with van der Waals surface area (Å²) in [5.41, 5.74) is 4.32. The minimum Gasteiger partial charge on any atom is -0.494 e. The molecule has 0 aliphatic carbocycles. The zero-order chi connectivity index (χ0) is 22.6. The van der Waals surface area contributed by atoms with E-state index in [1.54, 1.807) is 0 Å². The van der Waals surface area contributed by atoms with Crippen molar-refractivity contribution in [1.29, 1.82) is 0 Å². The van der Waals surface area contributed by atoms with Crippen molar-refractivity contribution in [3.63, 3.8) is 0 Å². The Kier molecular flexibility index (Phi) is 6.04. The van der Waals surface area contributed by atoms with Gasteiger partial charge in [-0.1, -0.05) is 6.07 Å². The summed E-state index contributed by atoms with van der Waals surface area (Å²) in [7, 11) is 0. The fourth-order valence-corrected chi connectivity index (χ4v) is 4.63. The summed E-state index contributed by atoms with van der Waals surface area (Å²) in [4.78, 5) is 11.0.